The number of hydrogen-bond acceptors (Lipinski definition) is 4. The summed E-state index contributed by atoms with van der Waals surface area (Å²) in [6, 6.07) is 7.01. The van der Waals surface area contributed by atoms with Gasteiger partial charge in [-0.1, -0.05) is 12.1 Å². The molecule has 1 fully saturated rings. The van der Waals surface area contributed by atoms with Crippen molar-refractivity contribution in [2.75, 3.05) is 20.3 Å². The zero-order valence-corrected chi connectivity index (χ0v) is 12.2. The molecule has 1 aliphatic rings. The number of carboxylic acids is 1. The normalized spacial score (nSPS) is 21.1. The van der Waals surface area contributed by atoms with E-state index in [4.69, 9.17) is 9.47 Å². The van der Waals surface area contributed by atoms with Gasteiger partial charge in [-0.25, -0.2) is 4.79 Å². The van der Waals surface area contributed by atoms with E-state index < -0.39 is 11.5 Å². The van der Waals surface area contributed by atoms with Crippen LogP contribution in [0.2, 0.25) is 0 Å². The fourth-order valence-corrected chi connectivity index (χ4v) is 2.54. The highest BCUT2D eigenvalue weighted by Gasteiger charge is 2.45. The first-order valence-corrected chi connectivity index (χ1v) is 6.78. The van der Waals surface area contributed by atoms with Crippen LogP contribution >= 0.6 is 0 Å². The molecule has 0 aliphatic carbocycles. The fourth-order valence-electron chi connectivity index (χ4n) is 2.54. The Morgan fingerprint density at radius 1 is 1.33 bits per heavy atom. The van der Waals surface area contributed by atoms with Crippen LogP contribution in [0.15, 0.2) is 24.3 Å². The van der Waals surface area contributed by atoms with Crippen molar-refractivity contribution in [3.63, 3.8) is 0 Å². The van der Waals surface area contributed by atoms with Gasteiger partial charge in [0.25, 0.3) is 5.91 Å². The first-order chi connectivity index (χ1) is 9.99. The lowest BCUT2D eigenvalue weighted by Crippen LogP contribution is -2.52. The van der Waals surface area contributed by atoms with Crippen LogP contribution in [0.3, 0.4) is 0 Å². The molecule has 1 amide bonds. The minimum Gasteiger partial charge on any atom is -0.493 e. The minimum atomic E-state index is -1.14. The number of carbonyl (C=O) groups is 2. The van der Waals surface area contributed by atoms with Crippen molar-refractivity contribution in [2.45, 2.75) is 25.3 Å². The molecule has 0 saturated carbocycles. The SMILES string of the molecule is COc1ccccc1OCC(=O)N1CCCC1(C)C(=O)O. The Hall–Kier alpha value is -2.24. The molecule has 0 aromatic heterocycles. The lowest BCUT2D eigenvalue weighted by molar-refractivity contribution is -0.156. The molecule has 1 aromatic carbocycles. The molecule has 1 atom stereocenters. The van der Waals surface area contributed by atoms with Crippen LogP contribution in [0.4, 0.5) is 0 Å². The number of aliphatic carboxylic acids is 1. The molecule has 0 bridgehead atoms. The van der Waals surface area contributed by atoms with E-state index in [0.717, 1.165) is 0 Å². The van der Waals surface area contributed by atoms with Crippen molar-refractivity contribution >= 4 is 11.9 Å². The van der Waals surface area contributed by atoms with Crippen molar-refractivity contribution < 1.29 is 24.2 Å². The standard InChI is InChI=1S/C15H19NO5/c1-15(14(18)19)8-5-9-16(15)13(17)10-21-12-7-4-3-6-11(12)20-2/h3-4,6-7H,5,8-10H2,1-2H3,(H,18,19). The highest BCUT2D eigenvalue weighted by atomic mass is 16.5. The largest absolute Gasteiger partial charge is 0.493 e. The summed E-state index contributed by atoms with van der Waals surface area (Å²) in [5.41, 5.74) is -1.14. The Balaban J connectivity index is 2.03. The average molecular weight is 293 g/mol. The third-order valence-corrected chi connectivity index (χ3v) is 3.82. The van der Waals surface area contributed by atoms with Crippen LogP contribution in [0.1, 0.15) is 19.8 Å². The van der Waals surface area contributed by atoms with E-state index in [2.05, 4.69) is 0 Å². The summed E-state index contributed by atoms with van der Waals surface area (Å²) in [6.07, 6.45) is 1.14. The van der Waals surface area contributed by atoms with Crippen LogP contribution in [0, 0.1) is 0 Å². The number of rotatable bonds is 5. The number of methoxy groups -OCH3 is 1. The lowest BCUT2D eigenvalue weighted by Gasteiger charge is -2.31. The molecule has 6 nitrogen and oxygen atoms in total. The fraction of sp³-hybridized carbons (Fsp3) is 0.467. The van der Waals surface area contributed by atoms with Crippen LogP contribution in [0.5, 0.6) is 11.5 Å². The van der Waals surface area contributed by atoms with E-state index in [1.165, 1.54) is 12.0 Å². The summed E-state index contributed by atoms with van der Waals surface area (Å²) >= 11 is 0. The molecule has 1 aromatic rings. The maximum Gasteiger partial charge on any atom is 0.329 e. The van der Waals surface area contributed by atoms with E-state index in [1.54, 1.807) is 31.2 Å². The van der Waals surface area contributed by atoms with Gasteiger partial charge >= 0.3 is 5.97 Å². The van der Waals surface area contributed by atoms with Gasteiger partial charge in [0.05, 0.1) is 7.11 Å². The van der Waals surface area contributed by atoms with E-state index in [9.17, 15) is 14.7 Å². The number of ether oxygens (including phenoxy) is 2. The number of amides is 1. The number of likely N-dealkylation sites (tertiary alicyclic amines) is 1. The summed E-state index contributed by atoms with van der Waals surface area (Å²) < 4.78 is 10.6. The molecule has 1 unspecified atom stereocenters. The predicted molar refractivity (Wildman–Crippen MR) is 75.5 cm³/mol. The Morgan fingerprint density at radius 3 is 2.62 bits per heavy atom. The second-order valence-electron chi connectivity index (χ2n) is 5.17. The van der Waals surface area contributed by atoms with Crippen LogP contribution < -0.4 is 9.47 Å². The van der Waals surface area contributed by atoms with E-state index >= 15 is 0 Å². The molecular weight excluding hydrogens is 274 g/mol. The third-order valence-electron chi connectivity index (χ3n) is 3.82. The molecule has 6 heteroatoms. The molecule has 0 spiro atoms. The number of hydrogen-bond donors (Lipinski definition) is 1. The van der Waals surface area contributed by atoms with Gasteiger partial charge in [-0.05, 0) is 31.9 Å². The summed E-state index contributed by atoms with van der Waals surface area (Å²) in [7, 11) is 1.52. The Kier molecular flexibility index (Phi) is 4.35. The summed E-state index contributed by atoms with van der Waals surface area (Å²) in [4.78, 5) is 25.0. The van der Waals surface area contributed by atoms with Gasteiger partial charge in [-0.15, -0.1) is 0 Å². The molecule has 1 heterocycles. The zero-order valence-electron chi connectivity index (χ0n) is 12.2. The molecule has 21 heavy (non-hydrogen) atoms. The van der Waals surface area contributed by atoms with Crippen molar-refractivity contribution in [3.8, 4) is 11.5 Å². The Bertz CT molecular complexity index is 545. The average Bonchev–Trinajstić information content (AvgIpc) is 2.88. The zero-order chi connectivity index (χ0) is 15.5. The van der Waals surface area contributed by atoms with Crippen LogP contribution in [-0.4, -0.2) is 47.7 Å². The predicted octanol–water partition coefficient (Wildman–Crippen LogP) is 1.54. The van der Waals surface area contributed by atoms with Crippen molar-refractivity contribution in [1.29, 1.82) is 0 Å². The third kappa shape index (κ3) is 2.94. The summed E-state index contributed by atoms with van der Waals surface area (Å²) in [5, 5.41) is 9.30. The van der Waals surface area contributed by atoms with Crippen molar-refractivity contribution in [2.24, 2.45) is 0 Å². The van der Waals surface area contributed by atoms with Gasteiger partial charge in [-0.2, -0.15) is 0 Å². The first-order valence-electron chi connectivity index (χ1n) is 6.78. The molecular formula is C15H19NO5. The number of carbonyl (C=O) groups excluding carboxylic acids is 1. The van der Waals surface area contributed by atoms with Gasteiger partial charge < -0.3 is 19.5 Å². The number of benzene rings is 1. The second kappa shape index (κ2) is 6.03. The summed E-state index contributed by atoms with van der Waals surface area (Å²) in [5.74, 6) is -0.314. The second-order valence-corrected chi connectivity index (χ2v) is 5.17. The minimum absolute atomic E-state index is 0.205. The topological polar surface area (TPSA) is 76.1 Å². The molecule has 0 radical (unpaired) electrons. The Morgan fingerprint density at radius 2 is 2.00 bits per heavy atom. The highest BCUT2D eigenvalue weighted by Crippen LogP contribution is 2.30. The van der Waals surface area contributed by atoms with E-state index in [-0.39, 0.29) is 12.5 Å². The number of carboxylic acid groups (broad SMARTS) is 1. The van der Waals surface area contributed by atoms with Gasteiger partial charge in [-0.3, -0.25) is 4.79 Å². The lowest BCUT2D eigenvalue weighted by atomic mass is 9.99. The van der Waals surface area contributed by atoms with Gasteiger partial charge in [0.15, 0.2) is 18.1 Å². The van der Waals surface area contributed by atoms with Gasteiger partial charge in [0.1, 0.15) is 5.54 Å². The quantitative estimate of drug-likeness (QED) is 0.891. The number of para-hydroxylation sites is 2. The van der Waals surface area contributed by atoms with Crippen molar-refractivity contribution in [3.05, 3.63) is 24.3 Å². The molecule has 2 rings (SSSR count). The smallest absolute Gasteiger partial charge is 0.329 e. The molecule has 1 aliphatic heterocycles. The van der Waals surface area contributed by atoms with Crippen LogP contribution in [-0.2, 0) is 9.59 Å². The molecule has 1 saturated heterocycles. The highest BCUT2D eigenvalue weighted by molar-refractivity contribution is 5.88. The molecule has 114 valence electrons. The number of nitrogens with zero attached hydrogens (tertiary/aromatic N) is 1. The maximum atomic E-state index is 12.2. The molecule has 1 N–H and O–H groups in total. The Labute approximate surface area is 123 Å². The van der Waals surface area contributed by atoms with Crippen molar-refractivity contribution in [1.82, 2.24) is 4.90 Å². The van der Waals surface area contributed by atoms with E-state index in [0.29, 0.717) is 30.9 Å². The van der Waals surface area contributed by atoms with Crippen LogP contribution in [0.25, 0.3) is 0 Å². The van der Waals surface area contributed by atoms with Gasteiger partial charge in [0, 0.05) is 6.54 Å². The maximum absolute atomic E-state index is 12.2. The summed E-state index contributed by atoms with van der Waals surface area (Å²) in [6.45, 7) is 1.81. The monoisotopic (exact) mass is 293 g/mol. The van der Waals surface area contributed by atoms with Gasteiger partial charge in [0.2, 0.25) is 0 Å². The van der Waals surface area contributed by atoms with E-state index in [1.807, 2.05) is 0 Å². The first kappa shape index (κ1) is 15.2.